The van der Waals surface area contributed by atoms with Crippen LogP contribution < -0.4 is 5.32 Å². The number of likely N-dealkylation sites (N-methyl/N-ethyl adjacent to an activating group) is 2. The molecule has 1 aromatic carbocycles. The molecule has 0 aliphatic heterocycles. The lowest BCUT2D eigenvalue weighted by atomic mass is 10.1. The maximum atomic E-state index is 11.6. The molecule has 0 bridgehead atoms. The summed E-state index contributed by atoms with van der Waals surface area (Å²) in [5, 5.41) is 6.89. The van der Waals surface area contributed by atoms with Crippen LogP contribution in [0.25, 0.3) is 11.3 Å². The predicted octanol–water partition coefficient (Wildman–Crippen LogP) is 2.30. The predicted molar refractivity (Wildman–Crippen MR) is 81.6 cm³/mol. The summed E-state index contributed by atoms with van der Waals surface area (Å²) in [6, 6.07) is 11.8. The molecule has 21 heavy (non-hydrogen) atoms. The van der Waals surface area contributed by atoms with E-state index in [4.69, 9.17) is 4.52 Å². The Morgan fingerprint density at radius 3 is 2.71 bits per heavy atom. The van der Waals surface area contributed by atoms with Crippen LogP contribution in [0.5, 0.6) is 0 Å². The van der Waals surface area contributed by atoms with E-state index < -0.39 is 0 Å². The van der Waals surface area contributed by atoms with Gasteiger partial charge in [0, 0.05) is 18.2 Å². The van der Waals surface area contributed by atoms with E-state index in [2.05, 4.69) is 10.5 Å². The number of nitrogens with one attached hydrogen (secondary N) is 1. The van der Waals surface area contributed by atoms with Crippen molar-refractivity contribution in [3.8, 4) is 11.3 Å². The summed E-state index contributed by atoms with van der Waals surface area (Å²) < 4.78 is 5.37. The van der Waals surface area contributed by atoms with Crippen molar-refractivity contribution in [3.05, 3.63) is 42.2 Å². The topological polar surface area (TPSA) is 58.4 Å². The van der Waals surface area contributed by atoms with Crippen LogP contribution in [0.3, 0.4) is 0 Å². The van der Waals surface area contributed by atoms with Crippen LogP contribution in [-0.4, -0.2) is 35.6 Å². The second-order valence-corrected chi connectivity index (χ2v) is 4.80. The second kappa shape index (κ2) is 7.59. The first-order chi connectivity index (χ1) is 10.2. The number of carbonyl (C=O) groups excluding carboxylic acids is 1. The highest BCUT2D eigenvalue weighted by atomic mass is 16.5. The molecule has 0 aliphatic rings. The lowest BCUT2D eigenvalue weighted by molar-refractivity contribution is -0.122. The molecule has 1 N–H and O–H groups in total. The van der Waals surface area contributed by atoms with Crippen LogP contribution in [0.1, 0.15) is 19.6 Å². The summed E-state index contributed by atoms with van der Waals surface area (Å²) in [7, 11) is 0. The van der Waals surface area contributed by atoms with Crippen molar-refractivity contribution in [1.29, 1.82) is 0 Å². The molecule has 1 heterocycles. The molecule has 0 fully saturated rings. The van der Waals surface area contributed by atoms with E-state index in [1.54, 1.807) is 0 Å². The molecule has 0 saturated carbocycles. The minimum atomic E-state index is 0.0298. The van der Waals surface area contributed by atoms with Gasteiger partial charge in [0.2, 0.25) is 5.91 Å². The van der Waals surface area contributed by atoms with Crippen LogP contribution in [0, 0.1) is 0 Å². The number of nitrogens with zero attached hydrogens (tertiary/aromatic N) is 2. The number of hydrogen-bond acceptors (Lipinski definition) is 4. The molecule has 2 rings (SSSR count). The number of benzene rings is 1. The van der Waals surface area contributed by atoms with Crippen LogP contribution in [0.15, 0.2) is 40.9 Å². The maximum absolute atomic E-state index is 11.6. The van der Waals surface area contributed by atoms with Gasteiger partial charge in [0.1, 0.15) is 5.69 Å². The third kappa shape index (κ3) is 4.43. The molecule has 5 nitrogen and oxygen atoms in total. The van der Waals surface area contributed by atoms with Crippen LogP contribution in [0.4, 0.5) is 0 Å². The standard InChI is InChI=1S/C16H21N3O2/c1-3-17-16(20)12-19(4-2)11-14-10-15(18-21-14)13-8-6-5-7-9-13/h5-10H,3-4,11-12H2,1-2H3,(H,17,20). The number of hydrogen-bond donors (Lipinski definition) is 1. The van der Waals surface area contributed by atoms with Gasteiger partial charge in [-0.25, -0.2) is 0 Å². The van der Waals surface area contributed by atoms with Crippen molar-refractivity contribution in [2.24, 2.45) is 0 Å². The Balaban J connectivity index is 1.99. The zero-order chi connectivity index (χ0) is 15.1. The Hall–Kier alpha value is -2.14. The van der Waals surface area contributed by atoms with E-state index in [9.17, 15) is 4.79 Å². The van der Waals surface area contributed by atoms with E-state index in [-0.39, 0.29) is 5.91 Å². The normalized spacial score (nSPS) is 10.8. The first kappa shape index (κ1) is 15.3. The summed E-state index contributed by atoms with van der Waals surface area (Å²) in [5.41, 5.74) is 1.85. The van der Waals surface area contributed by atoms with Gasteiger partial charge < -0.3 is 9.84 Å². The molecule has 0 radical (unpaired) electrons. The van der Waals surface area contributed by atoms with E-state index in [1.807, 2.05) is 55.1 Å². The lowest BCUT2D eigenvalue weighted by Crippen LogP contribution is -2.36. The van der Waals surface area contributed by atoms with Gasteiger partial charge in [-0.15, -0.1) is 0 Å². The van der Waals surface area contributed by atoms with Crippen LogP contribution in [-0.2, 0) is 11.3 Å². The largest absolute Gasteiger partial charge is 0.359 e. The Morgan fingerprint density at radius 2 is 2.05 bits per heavy atom. The summed E-state index contributed by atoms with van der Waals surface area (Å²) in [5.74, 6) is 0.794. The fraction of sp³-hybridized carbons (Fsp3) is 0.375. The van der Waals surface area contributed by atoms with Crippen molar-refractivity contribution < 1.29 is 9.32 Å². The number of rotatable bonds is 7. The lowest BCUT2D eigenvalue weighted by Gasteiger charge is -2.17. The molecule has 0 spiro atoms. The number of amides is 1. The Bertz CT molecular complexity index is 566. The number of aromatic nitrogens is 1. The SMILES string of the molecule is CCNC(=O)CN(CC)Cc1cc(-c2ccccc2)no1. The first-order valence-electron chi connectivity index (χ1n) is 7.23. The zero-order valence-corrected chi connectivity index (χ0v) is 12.5. The summed E-state index contributed by atoms with van der Waals surface area (Å²) >= 11 is 0. The van der Waals surface area contributed by atoms with E-state index in [1.165, 1.54) is 0 Å². The smallest absolute Gasteiger partial charge is 0.234 e. The third-order valence-electron chi connectivity index (χ3n) is 3.20. The van der Waals surface area contributed by atoms with Gasteiger partial charge in [0.05, 0.1) is 13.1 Å². The fourth-order valence-electron chi connectivity index (χ4n) is 2.09. The van der Waals surface area contributed by atoms with Crippen molar-refractivity contribution in [1.82, 2.24) is 15.4 Å². The molecule has 2 aromatic rings. The van der Waals surface area contributed by atoms with Crippen molar-refractivity contribution >= 4 is 5.91 Å². The maximum Gasteiger partial charge on any atom is 0.234 e. The van der Waals surface area contributed by atoms with Gasteiger partial charge in [0.15, 0.2) is 5.76 Å². The Kier molecular flexibility index (Phi) is 5.51. The number of carbonyl (C=O) groups is 1. The van der Waals surface area contributed by atoms with Gasteiger partial charge in [-0.2, -0.15) is 0 Å². The van der Waals surface area contributed by atoms with Gasteiger partial charge in [-0.1, -0.05) is 42.4 Å². The van der Waals surface area contributed by atoms with Crippen LogP contribution in [0.2, 0.25) is 0 Å². The highest BCUT2D eigenvalue weighted by molar-refractivity contribution is 5.77. The highest BCUT2D eigenvalue weighted by Gasteiger charge is 2.13. The van der Waals surface area contributed by atoms with Crippen molar-refractivity contribution in [3.63, 3.8) is 0 Å². The van der Waals surface area contributed by atoms with Gasteiger partial charge >= 0.3 is 0 Å². The van der Waals surface area contributed by atoms with E-state index in [0.717, 1.165) is 23.6 Å². The fourth-order valence-corrected chi connectivity index (χ4v) is 2.09. The molecule has 0 atom stereocenters. The monoisotopic (exact) mass is 287 g/mol. The van der Waals surface area contributed by atoms with Gasteiger partial charge in [-0.3, -0.25) is 9.69 Å². The molecule has 1 aromatic heterocycles. The Morgan fingerprint density at radius 1 is 1.29 bits per heavy atom. The summed E-state index contributed by atoms with van der Waals surface area (Å²) in [4.78, 5) is 13.6. The molecular formula is C16H21N3O2. The third-order valence-corrected chi connectivity index (χ3v) is 3.20. The van der Waals surface area contributed by atoms with Gasteiger partial charge in [-0.05, 0) is 13.5 Å². The highest BCUT2D eigenvalue weighted by Crippen LogP contribution is 2.19. The molecule has 5 heteroatoms. The minimum Gasteiger partial charge on any atom is -0.359 e. The quantitative estimate of drug-likeness (QED) is 0.849. The molecule has 112 valence electrons. The van der Waals surface area contributed by atoms with Crippen molar-refractivity contribution in [2.45, 2.75) is 20.4 Å². The summed E-state index contributed by atoms with van der Waals surface area (Å²) in [6.07, 6.45) is 0. The average Bonchev–Trinajstić information content (AvgIpc) is 2.96. The molecule has 0 unspecified atom stereocenters. The average molecular weight is 287 g/mol. The van der Waals surface area contributed by atoms with Gasteiger partial charge in [0.25, 0.3) is 0 Å². The first-order valence-corrected chi connectivity index (χ1v) is 7.23. The molecule has 0 aliphatic carbocycles. The van der Waals surface area contributed by atoms with Crippen molar-refractivity contribution in [2.75, 3.05) is 19.6 Å². The minimum absolute atomic E-state index is 0.0298. The summed E-state index contributed by atoms with van der Waals surface area (Å²) in [6.45, 7) is 6.30. The second-order valence-electron chi connectivity index (χ2n) is 4.80. The van der Waals surface area contributed by atoms with Crippen LogP contribution >= 0.6 is 0 Å². The molecule has 1 amide bonds. The molecular weight excluding hydrogens is 266 g/mol. The Labute approximate surface area is 124 Å². The van der Waals surface area contributed by atoms with E-state index >= 15 is 0 Å². The molecule has 0 saturated heterocycles. The van der Waals surface area contributed by atoms with E-state index in [0.29, 0.717) is 19.6 Å². The zero-order valence-electron chi connectivity index (χ0n) is 12.5.